The van der Waals surface area contributed by atoms with Gasteiger partial charge in [0.15, 0.2) is 5.92 Å². The predicted molar refractivity (Wildman–Crippen MR) is 99.9 cm³/mol. The van der Waals surface area contributed by atoms with Crippen LogP contribution in [0.1, 0.15) is 19.4 Å². The van der Waals surface area contributed by atoms with E-state index in [2.05, 4.69) is 9.64 Å². The topological polar surface area (TPSA) is 59.1 Å². The molecular formula is C20H27F3N2O4. The fraction of sp³-hybridized carbons (Fsp3) is 0.600. The molecule has 1 aromatic rings. The van der Waals surface area contributed by atoms with Crippen molar-refractivity contribution >= 4 is 11.9 Å². The van der Waals surface area contributed by atoms with Gasteiger partial charge in [-0.15, -0.1) is 0 Å². The van der Waals surface area contributed by atoms with E-state index >= 15 is 0 Å². The molecule has 9 heteroatoms. The first-order chi connectivity index (χ1) is 13.8. The zero-order chi connectivity index (χ0) is 21.4. The number of piperazine rings is 1. The highest BCUT2D eigenvalue weighted by molar-refractivity contribution is 5.85. The van der Waals surface area contributed by atoms with Crippen molar-refractivity contribution in [3.63, 3.8) is 0 Å². The van der Waals surface area contributed by atoms with Gasteiger partial charge < -0.3 is 9.47 Å². The van der Waals surface area contributed by atoms with E-state index in [1.165, 1.54) is 18.7 Å². The van der Waals surface area contributed by atoms with Crippen LogP contribution in [0.4, 0.5) is 13.2 Å². The summed E-state index contributed by atoms with van der Waals surface area (Å²) in [5, 5.41) is 0. The molecule has 0 aliphatic carbocycles. The number of carbonyl (C=O) groups is 2. The maximum Gasteiger partial charge on any atom is 0.404 e. The first-order valence-electron chi connectivity index (χ1n) is 9.68. The van der Waals surface area contributed by atoms with Crippen molar-refractivity contribution in [2.75, 3.05) is 39.4 Å². The Bertz CT molecular complexity index is 661. The van der Waals surface area contributed by atoms with Gasteiger partial charge >= 0.3 is 18.1 Å². The number of carbonyl (C=O) groups excluding carboxylic acids is 2. The predicted octanol–water partition coefficient (Wildman–Crippen LogP) is 2.48. The van der Waals surface area contributed by atoms with Crippen LogP contribution >= 0.6 is 0 Å². The lowest BCUT2D eigenvalue weighted by Crippen LogP contribution is -2.59. The molecule has 0 amide bonds. The summed E-state index contributed by atoms with van der Waals surface area (Å²) in [6.45, 7) is 4.69. The van der Waals surface area contributed by atoms with Gasteiger partial charge in [0.05, 0.1) is 13.2 Å². The number of hydrogen-bond acceptors (Lipinski definition) is 6. The van der Waals surface area contributed by atoms with Gasteiger partial charge in [-0.1, -0.05) is 30.3 Å². The van der Waals surface area contributed by atoms with Gasteiger partial charge in [0.25, 0.3) is 0 Å². The summed E-state index contributed by atoms with van der Waals surface area (Å²) >= 11 is 0. The van der Waals surface area contributed by atoms with Crippen molar-refractivity contribution in [2.24, 2.45) is 5.92 Å². The SMILES string of the molecule is CCOC(=O)C(C(C(=O)OCC)C(F)(F)F)N1CCN(Cc2ccccc2)CC1. The van der Waals surface area contributed by atoms with Crippen molar-refractivity contribution in [3.8, 4) is 0 Å². The molecule has 1 aliphatic heterocycles. The average molecular weight is 416 g/mol. The monoisotopic (exact) mass is 416 g/mol. The lowest BCUT2D eigenvalue weighted by atomic mass is 9.96. The Kier molecular flexibility index (Phi) is 8.45. The van der Waals surface area contributed by atoms with Gasteiger partial charge in [-0.3, -0.25) is 19.4 Å². The summed E-state index contributed by atoms with van der Waals surface area (Å²) in [5.41, 5.74) is 1.10. The fourth-order valence-corrected chi connectivity index (χ4v) is 3.44. The zero-order valence-corrected chi connectivity index (χ0v) is 16.7. The Hall–Kier alpha value is -2.13. The van der Waals surface area contributed by atoms with E-state index in [0.29, 0.717) is 19.6 Å². The quantitative estimate of drug-likeness (QED) is 0.607. The molecule has 0 N–H and O–H groups in total. The molecule has 0 saturated carbocycles. The molecule has 1 aliphatic rings. The number of nitrogens with zero attached hydrogens (tertiary/aromatic N) is 2. The number of ether oxygens (including phenoxy) is 2. The van der Waals surface area contributed by atoms with Crippen LogP contribution < -0.4 is 0 Å². The molecule has 2 unspecified atom stereocenters. The van der Waals surface area contributed by atoms with Crippen LogP contribution in [0.5, 0.6) is 0 Å². The second-order valence-electron chi connectivity index (χ2n) is 6.77. The van der Waals surface area contributed by atoms with Crippen molar-refractivity contribution < 1.29 is 32.2 Å². The highest BCUT2D eigenvalue weighted by Gasteiger charge is 2.56. The van der Waals surface area contributed by atoms with Crippen LogP contribution in [0, 0.1) is 5.92 Å². The van der Waals surface area contributed by atoms with Gasteiger partial charge in [-0.25, -0.2) is 0 Å². The van der Waals surface area contributed by atoms with Gasteiger partial charge in [0.2, 0.25) is 0 Å². The maximum absolute atomic E-state index is 13.7. The second kappa shape index (κ2) is 10.6. The number of rotatable bonds is 8. The largest absolute Gasteiger partial charge is 0.465 e. The van der Waals surface area contributed by atoms with E-state index in [1.807, 2.05) is 30.3 Å². The van der Waals surface area contributed by atoms with Crippen molar-refractivity contribution in [1.29, 1.82) is 0 Å². The van der Waals surface area contributed by atoms with Crippen LogP contribution in [0.3, 0.4) is 0 Å². The molecule has 6 nitrogen and oxygen atoms in total. The Morgan fingerprint density at radius 1 is 0.966 bits per heavy atom. The van der Waals surface area contributed by atoms with E-state index in [0.717, 1.165) is 5.56 Å². The summed E-state index contributed by atoms with van der Waals surface area (Å²) < 4.78 is 50.7. The van der Waals surface area contributed by atoms with Crippen LogP contribution in [0.2, 0.25) is 0 Å². The molecule has 2 atom stereocenters. The number of benzene rings is 1. The van der Waals surface area contributed by atoms with Crippen molar-refractivity contribution in [2.45, 2.75) is 32.6 Å². The lowest BCUT2D eigenvalue weighted by molar-refractivity contribution is -0.215. The number of halogens is 3. The molecule has 0 spiro atoms. The molecule has 1 saturated heterocycles. The van der Waals surface area contributed by atoms with E-state index in [9.17, 15) is 22.8 Å². The minimum Gasteiger partial charge on any atom is -0.465 e. The molecule has 1 aromatic carbocycles. The van der Waals surface area contributed by atoms with Crippen molar-refractivity contribution in [3.05, 3.63) is 35.9 Å². The minimum atomic E-state index is -4.93. The van der Waals surface area contributed by atoms with Crippen LogP contribution in [0.15, 0.2) is 30.3 Å². The Labute approximate surface area is 168 Å². The molecular weight excluding hydrogens is 389 g/mol. The highest BCUT2D eigenvalue weighted by Crippen LogP contribution is 2.33. The fourth-order valence-electron chi connectivity index (χ4n) is 3.44. The summed E-state index contributed by atoms with van der Waals surface area (Å²) in [4.78, 5) is 28.0. The zero-order valence-electron chi connectivity index (χ0n) is 16.7. The molecule has 2 rings (SSSR count). The summed E-state index contributed by atoms with van der Waals surface area (Å²) in [6, 6.07) is 7.97. The first-order valence-corrected chi connectivity index (χ1v) is 9.68. The first kappa shape index (κ1) is 23.2. The average Bonchev–Trinajstić information content (AvgIpc) is 2.67. The molecule has 0 bridgehead atoms. The second-order valence-corrected chi connectivity index (χ2v) is 6.77. The summed E-state index contributed by atoms with van der Waals surface area (Å²) in [7, 11) is 0. The summed E-state index contributed by atoms with van der Waals surface area (Å²) in [6.07, 6.45) is -4.93. The number of esters is 2. The van der Waals surface area contributed by atoms with Gasteiger partial charge in [0, 0.05) is 32.7 Å². The van der Waals surface area contributed by atoms with Crippen molar-refractivity contribution in [1.82, 2.24) is 9.80 Å². The Balaban J connectivity index is 2.15. The standard InChI is InChI=1S/C20H27F3N2O4/c1-3-28-18(26)16(20(21,22)23)17(19(27)29-4-2)25-12-10-24(11-13-25)14-15-8-6-5-7-9-15/h5-9,16-17H,3-4,10-14H2,1-2H3. The molecule has 162 valence electrons. The smallest absolute Gasteiger partial charge is 0.404 e. The lowest BCUT2D eigenvalue weighted by Gasteiger charge is -2.40. The van der Waals surface area contributed by atoms with Gasteiger partial charge in [0.1, 0.15) is 6.04 Å². The molecule has 1 heterocycles. The number of alkyl halides is 3. The molecule has 0 radical (unpaired) electrons. The number of hydrogen-bond donors (Lipinski definition) is 0. The van der Waals surface area contributed by atoms with Crippen LogP contribution in [-0.4, -0.2) is 73.3 Å². The van der Waals surface area contributed by atoms with E-state index in [-0.39, 0.29) is 26.3 Å². The van der Waals surface area contributed by atoms with E-state index < -0.39 is 30.1 Å². The van der Waals surface area contributed by atoms with Gasteiger partial charge in [-0.05, 0) is 19.4 Å². The van der Waals surface area contributed by atoms with E-state index in [4.69, 9.17) is 4.74 Å². The van der Waals surface area contributed by atoms with Crippen LogP contribution in [0.25, 0.3) is 0 Å². The third-order valence-corrected chi connectivity index (χ3v) is 4.79. The molecule has 1 fully saturated rings. The Morgan fingerprint density at radius 3 is 2.03 bits per heavy atom. The summed E-state index contributed by atoms with van der Waals surface area (Å²) in [5.74, 6) is -5.09. The van der Waals surface area contributed by atoms with Crippen LogP contribution in [-0.2, 0) is 25.6 Å². The molecule has 0 aromatic heterocycles. The third kappa shape index (κ3) is 6.43. The highest BCUT2D eigenvalue weighted by atomic mass is 19.4. The van der Waals surface area contributed by atoms with Gasteiger partial charge in [-0.2, -0.15) is 13.2 Å². The maximum atomic E-state index is 13.7. The molecule has 29 heavy (non-hydrogen) atoms. The normalized spacial score (nSPS) is 18.1. The Morgan fingerprint density at radius 2 is 1.52 bits per heavy atom. The third-order valence-electron chi connectivity index (χ3n) is 4.79. The van der Waals surface area contributed by atoms with E-state index in [1.54, 1.807) is 0 Å². The minimum absolute atomic E-state index is 0.0727.